The van der Waals surface area contributed by atoms with Gasteiger partial charge in [-0.05, 0) is 43.7 Å². The van der Waals surface area contributed by atoms with Gasteiger partial charge in [0.1, 0.15) is 24.1 Å². The maximum absolute atomic E-state index is 14.9. The monoisotopic (exact) mass is 514 g/mol. The Balaban J connectivity index is 1.77. The van der Waals surface area contributed by atoms with Crippen LogP contribution in [-0.2, 0) is 9.53 Å². The molecule has 0 saturated carbocycles. The van der Waals surface area contributed by atoms with Gasteiger partial charge in [0.15, 0.2) is 5.13 Å². The summed E-state index contributed by atoms with van der Waals surface area (Å²) in [6.07, 6.45) is 1.69. The molecule has 6 nitrogen and oxygen atoms in total. The lowest BCUT2D eigenvalue weighted by atomic mass is 10.1. The van der Waals surface area contributed by atoms with Gasteiger partial charge in [0, 0.05) is 34.3 Å². The van der Waals surface area contributed by atoms with Crippen molar-refractivity contribution in [3.8, 4) is 23.1 Å². The fourth-order valence-corrected chi connectivity index (χ4v) is 3.69. The molecule has 0 aliphatic rings. The second-order valence-electron chi connectivity index (χ2n) is 7.50. The Labute approximate surface area is 209 Å². The Morgan fingerprint density at radius 1 is 1.22 bits per heavy atom. The number of aliphatic carboxylic acids is 1. The number of thiazole rings is 1. The van der Waals surface area contributed by atoms with Crippen molar-refractivity contribution in [3.05, 3.63) is 75.4 Å². The molecule has 0 radical (unpaired) electrons. The van der Waals surface area contributed by atoms with Crippen LogP contribution in [0.3, 0.4) is 0 Å². The first-order valence-corrected chi connectivity index (χ1v) is 11.6. The molecule has 1 aromatic heterocycles. The minimum atomic E-state index is -1.33. The Morgan fingerprint density at radius 3 is 2.61 bits per heavy atom. The molecule has 0 unspecified atom stereocenters. The van der Waals surface area contributed by atoms with Gasteiger partial charge in [-0.1, -0.05) is 24.8 Å². The molecule has 1 amide bonds. The molecular formula is C26H21F3N2O4S. The van der Waals surface area contributed by atoms with Crippen LogP contribution in [0.5, 0.6) is 0 Å². The zero-order valence-corrected chi connectivity index (χ0v) is 20.1. The summed E-state index contributed by atoms with van der Waals surface area (Å²) in [6.45, 7) is 3.91. The molecule has 3 aromatic rings. The average Bonchev–Trinajstić information content (AvgIpc) is 3.29. The zero-order valence-electron chi connectivity index (χ0n) is 19.3. The predicted molar refractivity (Wildman–Crippen MR) is 131 cm³/mol. The van der Waals surface area contributed by atoms with Crippen LogP contribution >= 0.6 is 11.3 Å². The summed E-state index contributed by atoms with van der Waals surface area (Å²) in [5.74, 6) is 0.538. The molecular weight excluding hydrogens is 493 g/mol. The van der Waals surface area contributed by atoms with Gasteiger partial charge in [0.05, 0.1) is 11.3 Å². The van der Waals surface area contributed by atoms with Crippen LogP contribution < -0.4 is 5.32 Å². The molecule has 10 heteroatoms. The molecule has 186 valence electrons. The molecule has 0 bridgehead atoms. The predicted octanol–water partition coefficient (Wildman–Crippen LogP) is 5.75. The van der Waals surface area contributed by atoms with E-state index in [0.29, 0.717) is 6.61 Å². The number of rotatable bonds is 8. The lowest BCUT2D eigenvalue weighted by Crippen LogP contribution is -2.13. The van der Waals surface area contributed by atoms with Crippen molar-refractivity contribution in [2.24, 2.45) is 0 Å². The second-order valence-corrected chi connectivity index (χ2v) is 8.36. The number of benzene rings is 2. The molecule has 3 rings (SSSR count). The smallest absolute Gasteiger partial charge is 0.331 e. The van der Waals surface area contributed by atoms with E-state index in [-0.39, 0.29) is 39.7 Å². The van der Waals surface area contributed by atoms with Gasteiger partial charge >= 0.3 is 5.97 Å². The van der Waals surface area contributed by atoms with Crippen LogP contribution in [0.2, 0.25) is 0 Å². The third-order valence-corrected chi connectivity index (χ3v) is 5.54. The summed E-state index contributed by atoms with van der Waals surface area (Å²) < 4.78 is 48.9. The van der Waals surface area contributed by atoms with Gasteiger partial charge < -0.3 is 9.84 Å². The molecule has 0 atom stereocenters. The maximum atomic E-state index is 14.9. The number of amides is 1. The lowest BCUT2D eigenvalue weighted by molar-refractivity contribution is -0.132. The van der Waals surface area contributed by atoms with Gasteiger partial charge in [-0.2, -0.15) is 0 Å². The number of hydrogen-bond acceptors (Lipinski definition) is 5. The van der Waals surface area contributed by atoms with E-state index in [1.54, 1.807) is 6.07 Å². The largest absolute Gasteiger partial charge is 0.478 e. The molecule has 0 fully saturated rings. The quantitative estimate of drug-likeness (QED) is 0.227. The fraction of sp³-hybridized carbons (Fsp3) is 0.192. The third-order valence-electron chi connectivity index (χ3n) is 4.78. The summed E-state index contributed by atoms with van der Waals surface area (Å²) in [4.78, 5) is 27.6. The van der Waals surface area contributed by atoms with Crippen molar-refractivity contribution in [1.29, 1.82) is 0 Å². The molecule has 2 N–H and O–H groups in total. The standard InChI is InChI=1S/C26H21F3N2O4S/c1-3-9-35-10-5-7-16-6-4-8-18(23(16)29)22-14-36-26(30-22)31-24(32)17-12-20(27)19(21(28)13-17)11-15(2)25(33)34/h4,6,8,11-14H,3,9-10H2,1-2H3,(H,33,34)(H,30,31,32). The van der Waals surface area contributed by atoms with Crippen molar-refractivity contribution in [3.63, 3.8) is 0 Å². The van der Waals surface area contributed by atoms with Gasteiger partial charge in [-0.15, -0.1) is 11.3 Å². The fourth-order valence-electron chi connectivity index (χ4n) is 2.98. The van der Waals surface area contributed by atoms with E-state index in [9.17, 15) is 22.8 Å². The highest BCUT2D eigenvalue weighted by Gasteiger charge is 2.18. The average molecular weight is 515 g/mol. The molecule has 0 aliphatic carbocycles. The van der Waals surface area contributed by atoms with Gasteiger partial charge in [-0.25, -0.2) is 22.9 Å². The van der Waals surface area contributed by atoms with Crippen LogP contribution in [0, 0.1) is 29.3 Å². The summed E-state index contributed by atoms with van der Waals surface area (Å²) in [5.41, 5.74) is -0.577. The Bertz CT molecular complexity index is 1370. The van der Waals surface area contributed by atoms with Gasteiger partial charge in [0.25, 0.3) is 5.91 Å². The van der Waals surface area contributed by atoms with Gasteiger partial charge in [-0.3, -0.25) is 10.1 Å². The van der Waals surface area contributed by atoms with Crippen LogP contribution in [-0.4, -0.2) is 35.2 Å². The van der Waals surface area contributed by atoms with E-state index < -0.39 is 34.9 Å². The van der Waals surface area contributed by atoms with E-state index in [2.05, 4.69) is 22.1 Å². The number of aromatic nitrogens is 1. The van der Waals surface area contributed by atoms with Crippen molar-refractivity contribution in [2.75, 3.05) is 18.5 Å². The molecule has 36 heavy (non-hydrogen) atoms. The first-order valence-electron chi connectivity index (χ1n) is 10.7. The number of carboxylic acids is 1. The van der Waals surface area contributed by atoms with E-state index in [1.165, 1.54) is 24.4 Å². The summed E-state index contributed by atoms with van der Waals surface area (Å²) in [5, 5.41) is 12.9. The zero-order chi connectivity index (χ0) is 26.2. The highest BCUT2D eigenvalue weighted by molar-refractivity contribution is 7.14. The van der Waals surface area contributed by atoms with Crippen LogP contribution in [0.1, 0.15) is 41.8 Å². The Hall–Kier alpha value is -3.94. The van der Waals surface area contributed by atoms with Crippen LogP contribution in [0.25, 0.3) is 17.3 Å². The number of anilines is 1. The first-order chi connectivity index (χ1) is 17.2. The minimum absolute atomic E-state index is 0.0883. The van der Waals surface area contributed by atoms with Crippen molar-refractivity contribution < 1.29 is 32.6 Å². The van der Waals surface area contributed by atoms with E-state index in [0.717, 1.165) is 36.0 Å². The number of nitrogens with zero attached hydrogens (tertiary/aromatic N) is 1. The summed E-state index contributed by atoms with van der Waals surface area (Å²) in [6, 6.07) is 6.26. The number of carbonyl (C=O) groups is 2. The number of hydrogen-bond donors (Lipinski definition) is 2. The number of halogens is 3. The molecule has 0 saturated heterocycles. The highest BCUT2D eigenvalue weighted by Crippen LogP contribution is 2.29. The van der Waals surface area contributed by atoms with Crippen LogP contribution in [0.15, 0.2) is 41.3 Å². The van der Waals surface area contributed by atoms with Crippen LogP contribution in [0.4, 0.5) is 18.3 Å². The lowest BCUT2D eigenvalue weighted by Gasteiger charge is -2.06. The Morgan fingerprint density at radius 2 is 1.94 bits per heavy atom. The third kappa shape index (κ3) is 6.59. The number of ether oxygens (including phenoxy) is 1. The normalized spacial score (nSPS) is 11.1. The number of nitrogens with one attached hydrogen (secondary N) is 1. The van der Waals surface area contributed by atoms with E-state index in [1.807, 2.05) is 6.92 Å². The molecule has 0 aliphatic heterocycles. The summed E-state index contributed by atoms with van der Waals surface area (Å²) >= 11 is 1.00. The minimum Gasteiger partial charge on any atom is -0.478 e. The van der Waals surface area contributed by atoms with E-state index >= 15 is 0 Å². The Kier molecular flexibility index (Phi) is 9.00. The van der Waals surface area contributed by atoms with Gasteiger partial charge in [0.2, 0.25) is 0 Å². The van der Waals surface area contributed by atoms with Crippen molar-refractivity contribution >= 4 is 34.4 Å². The maximum Gasteiger partial charge on any atom is 0.331 e. The number of carbonyl (C=O) groups excluding carboxylic acids is 1. The summed E-state index contributed by atoms with van der Waals surface area (Å²) in [7, 11) is 0. The molecule has 1 heterocycles. The highest BCUT2D eigenvalue weighted by atomic mass is 32.1. The molecule has 2 aromatic carbocycles. The van der Waals surface area contributed by atoms with Crippen molar-refractivity contribution in [2.45, 2.75) is 20.3 Å². The SMILES string of the molecule is CCCOCC#Cc1cccc(-c2csc(NC(=O)c3cc(F)c(C=C(C)C(=O)O)c(F)c3)n2)c1F. The van der Waals surface area contributed by atoms with Crippen molar-refractivity contribution in [1.82, 2.24) is 4.98 Å². The number of carboxylic acid groups (broad SMARTS) is 1. The molecule has 0 spiro atoms. The topological polar surface area (TPSA) is 88.5 Å². The van der Waals surface area contributed by atoms with E-state index in [4.69, 9.17) is 9.84 Å². The first kappa shape index (κ1) is 26.7. The second kappa shape index (κ2) is 12.2.